The third kappa shape index (κ3) is 5.33. The summed E-state index contributed by atoms with van der Waals surface area (Å²) >= 11 is 0. The highest BCUT2D eigenvalue weighted by molar-refractivity contribution is 5.63. The van der Waals surface area contributed by atoms with Crippen molar-refractivity contribution >= 4 is 5.82 Å². The molecule has 36 heavy (non-hydrogen) atoms. The molecule has 1 aromatic carbocycles. The smallest absolute Gasteiger partial charge is 0.391 e. The van der Waals surface area contributed by atoms with Crippen molar-refractivity contribution in [2.24, 2.45) is 17.8 Å². The third-order valence-corrected chi connectivity index (χ3v) is 7.72. The molecule has 2 N–H and O–H groups in total. The lowest BCUT2D eigenvalue weighted by molar-refractivity contribution is -0.137. The summed E-state index contributed by atoms with van der Waals surface area (Å²) in [6.45, 7) is 3.74. The predicted octanol–water partition coefficient (Wildman–Crippen LogP) is 4.48. The summed E-state index contributed by atoms with van der Waals surface area (Å²) in [5, 5.41) is 19.6. The molecule has 11 heteroatoms. The molecule has 3 fully saturated rings. The van der Waals surface area contributed by atoms with E-state index < -0.39 is 35.5 Å². The highest BCUT2D eigenvalue weighted by Gasteiger charge is 2.43. The second kappa shape index (κ2) is 10.2. The Morgan fingerprint density at radius 3 is 2.22 bits per heavy atom. The second-order valence-corrected chi connectivity index (χ2v) is 10.2. The van der Waals surface area contributed by atoms with E-state index >= 15 is 0 Å². The van der Waals surface area contributed by atoms with E-state index in [2.05, 4.69) is 20.4 Å². The highest BCUT2D eigenvalue weighted by atomic mass is 19.4. The molecule has 2 aliphatic heterocycles. The Bertz CT molecular complexity index is 1060. The van der Waals surface area contributed by atoms with Gasteiger partial charge in [0.05, 0.1) is 12.3 Å². The number of ether oxygens (including phenoxy) is 1. The highest BCUT2D eigenvalue weighted by Crippen LogP contribution is 2.42. The second-order valence-electron chi connectivity index (χ2n) is 10.2. The first-order valence-electron chi connectivity index (χ1n) is 12.3. The van der Waals surface area contributed by atoms with Gasteiger partial charge in [0, 0.05) is 50.0 Å². The maximum atomic E-state index is 14.1. The zero-order valence-corrected chi connectivity index (χ0v) is 19.7. The van der Waals surface area contributed by atoms with Crippen LogP contribution in [0.15, 0.2) is 18.2 Å². The Morgan fingerprint density at radius 1 is 1.00 bits per heavy atom. The van der Waals surface area contributed by atoms with Crippen LogP contribution in [0.3, 0.4) is 0 Å². The molecule has 2 saturated heterocycles. The van der Waals surface area contributed by atoms with Crippen molar-refractivity contribution < 1.29 is 31.8 Å². The van der Waals surface area contributed by atoms with Gasteiger partial charge in [-0.15, -0.1) is 10.2 Å². The van der Waals surface area contributed by atoms with E-state index in [-0.39, 0.29) is 23.1 Å². The number of fused-ring (bicyclic) bond motifs is 1. The Hall–Kier alpha value is -2.37. The lowest BCUT2D eigenvalue weighted by Crippen LogP contribution is -2.32. The Kier molecular flexibility index (Phi) is 7.15. The molecule has 3 aliphatic rings. The van der Waals surface area contributed by atoms with Gasteiger partial charge in [-0.25, -0.2) is 8.78 Å². The van der Waals surface area contributed by atoms with Gasteiger partial charge in [0.25, 0.3) is 0 Å². The average molecular weight is 513 g/mol. The molecular weight excluding hydrogens is 483 g/mol. The lowest BCUT2D eigenvalue weighted by atomic mass is 10.00. The van der Waals surface area contributed by atoms with Gasteiger partial charge in [-0.05, 0) is 61.6 Å². The van der Waals surface area contributed by atoms with Crippen LogP contribution in [-0.2, 0) is 17.5 Å². The van der Waals surface area contributed by atoms with E-state index in [0.717, 1.165) is 76.7 Å². The molecule has 1 aliphatic carbocycles. The maximum Gasteiger partial charge on any atom is 0.420 e. The van der Waals surface area contributed by atoms with E-state index in [1.807, 2.05) is 0 Å². The van der Waals surface area contributed by atoms with Gasteiger partial charge < -0.3 is 20.1 Å². The first-order chi connectivity index (χ1) is 17.2. The summed E-state index contributed by atoms with van der Waals surface area (Å²) in [6.07, 6.45) is -1.06. The zero-order chi connectivity index (χ0) is 25.4. The molecule has 1 aromatic heterocycles. The number of nitrogens with one attached hydrogen (secondary N) is 1. The fourth-order valence-electron chi connectivity index (χ4n) is 5.91. The molecule has 3 heterocycles. The number of aromatic nitrogens is 2. The van der Waals surface area contributed by atoms with Crippen LogP contribution in [0.5, 0.6) is 0 Å². The van der Waals surface area contributed by atoms with E-state index in [1.54, 1.807) is 0 Å². The topological polar surface area (TPSA) is 70.5 Å². The fraction of sp³-hybridized carbons (Fsp3) is 0.600. The number of alkyl halides is 3. The van der Waals surface area contributed by atoms with Gasteiger partial charge in [0.1, 0.15) is 17.2 Å². The minimum absolute atomic E-state index is 0.148. The van der Waals surface area contributed by atoms with E-state index in [9.17, 15) is 22.0 Å². The zero-order valence-electron chi connectivity index (χ0n) is 19.7. The summed E-state index contributed by atoms with van der Waals surface area (Å²) in [5.74, 6) is -0.985. The van der Waals surface area contributed by atoms with Gasteiger partial charge in [0.2, 0.25) is 0 Å². The van der Waals surface area contributed by atoms with Crippen molar-refractivity contribution in [1.82, 2.24) is 15.1 Å². The number of rotatable bonds is 6. The molecular formula is C25H29F5N4O2. The molecule has 196 valence electrons. The molecule has 6 nitrogen and oxygen atoms in total. The quantitative estimate of drug-likeness (QED) is 0.557. The molecule has 0 spiro atoms. The van der Waals surface area contributed by atoms with Gasteiger partial charge in [-0.3, -0.25) is 0 Å². The van der Waals surface area contributed by atoms with E-state index in [4.69, 9.17) is 9.84 Å². The minimum atomic E-state index is -4.73. The number of hydrogen-bond donors (Lipinski definition) is 2. The molecule has 0 amide bonds. The van der Waals surface area contributed by atoms with Crippen LogP contribution in [0.2, 0.25) is 0 Å². The largest absolute Gasteiger partial charge is 0.420 e. The Morgan fingerprint density at radius 2 is 1.64 bits per heavy atom. The van der Waals surface area contributed by atoms with Gasteiger partial charge in [0.15, 0.2) is 5.82 Å². The molecule has 1 unspecified atom stereocenters. The summed E-state index contributed by atoms with van der Waals surface area (Å²) in [4.78, 5) is 2.48. The minimum Gasteiger partial charge on any atom is -0.391 e. The fourth-order valence-corrected chi connectivity index (χ4v) is 5.91. The van der Waals surface area contributed by atoms with Crippen LogP contribution >= 0.6 is 0 Å². The summed E-state index contributed by atoms with van der Waals surface area (Å²) in [6, 6.07) is 2.30. The lowest BCUT2D eigenvalue weighted by Gasteiger charge is -2.28. The van der Waals surface area contributed by atoms with Gasteiger partial charge in [-0.1, -0.05) is 0 Å². The number of aliphatic hydroxyl groups excluding tert-OH is 1. The third-order valence-electron chi connectivity index (χ3n) is 7.72. The molecule has 5 rings (SSSR count). The van der Waals surface area contributed by atoms with Crippen LogP contribution in [0.1, 0.15) is 36.8 Å². The van der Waals surface area contributed by atoms with Gasteiger partial charge >= 0.3 is 6.18 Å². The number of aliphatic hydroxyl groups is 1. The van der Waals surface area contributed by atoms with E-state index in [0.29, 0.717) is 17.8 Å². The van der Waals surface area contributed by atoms with Crippen molar-refractivity contribution in [3.05, 3.63) is 41.0 Å². The molecule has 0 radical (unpaired) electrons. The summed E-state index contributed by atoms with van der Waals surface area (Å²) < 4.78 is 75.2. The standard InChI is InChI=1S/C25H29F5N4O2/c26-21-7-15(8-22(27)19(21)13-35)23-9-20(25(28,29)30)24(33-32-23)31-18-5-16-11-34(12-17(16)6-18)10-14-1-3-36-4-2-14/h7-9,14,16-18,35H,1-6,10-13H2,(H,31,33)/t16-,17+,18?. The van der Waals surface area contributed by atoms with Crippen molar-refractivity contribution in [1.29, 1.82) is 0 Å². The number of anilines is 1. The number of nitrogens with zero attached hydrogens (tertiary/aromatic N) is 3. The number of benzene rings is 1. The van der Waals surface area contributed by atoms with Crippen molar-refractivity contribution in [2.45, 2.75) is 44.5 Å². The first kappa shape index (κ1) is 25.3. The normalized spacial score (nSPS) is 25.3. The summed E-state index contributed by atoms with van der Waals surface area (Å²) in [5.41, 5.74) is -2.08. The Balaban J connectivity index is 1.27. The van der Waals surface area contributed by atoms with Gasteiger partial charge in [-0.2, -0.15) is 13.2 Å². The number of halogens is 5. The van der Waals surface area contributed by atoms with Crippen molar-refractivity contribution in [2.75, 3.05) is 38.2 Å². The number of likely N-dealkylation sites (tertiary alicyclic amines) is 1. The van der Waals surface area contributed by atoms with Crippen molar-refractivity contribution in [3.8, 4) is 11.3 Å². The van der Waals surface area contributed by atoms with Crippen molar-refractivity contribution in [3.63, 3.8) is 0 Å². The molecule has 1 saturated carbocycles. The van der Waals surface area contributed by atoms with Crippen LogP contribution in [0.4, 0.5) is 27.8 Å². The summed E-state index contributed by atoms with van der Waals surface area (Å²) in [7, 11) is 0. The monoisotopic (exact) mass is 512 g/mol. The van der Waals surface area contributed by atoms with Crippen LogP contribution in [-0.4, -0.2) is 59.1 Å². The predicted molar refractivity (Wildman–Crippen MR) is 122 cm³/mol. The molecule has 0 bridgehead atoms. The van der Waals surface area contributed by atoms with E-state index in [1.165, 1.54) is 0 Å². The SMILES string of the molecule is OCc1c(F)cc(-c2cc(C(F)(F)F)c(NC3C[C@@H]4CN(CC5CCOCC5)C[C@@H]4C3)nn2)cc1F. The maximum absolute atomic E-state index is 14.1. The first-order valence-corrected chi connectivity index (χ1v) is 12.3. The average Bonchev–Trinajstić information content (AvgIpc) is 3.37. The van der Waals surface area contributed by atoms with Crippen LogP contribution in [0, 0.1) is 29.4 Å². The van der Waals surface area contributed by atoms with Crippen LogP contribution < -0.4 is 5.32 Å². The molecule has 3 atom stereocenters. The number of hydrogen-bond acceptors (Lipinski definition) is 6. The molecule has 2 aromatic rings. The van der Waals surface area contributed by atoms with Crippen LogP contribution in [0.25, 0.3) is 11.3 Å². The Labute approximate surface area is 205 Å².